The molecule has 39 heavy (non-hydrogen) atoms. The van der Waals surface area contributed by atoms with Gasteiger partial charge in [-0.05, 0) is 55.2 Å². The van der Waals surface area contributed by atoms with Crippen LogP contribution in [-0.4, -0.2) is 34.7 Å². The number of rotatable bonds is 10. The highest BCUT2D eigenvalue weighted by atomic mass is 35.5. The Balaban J connectivity index is 1.64. The monoisotopic (exact) mass is 544 g/mol. The molecule has 1 aromatic heterocycles. The molecule has 0 spiro atoms. The molecule has 0 fully saturated rings. The molecule has 0 saturated carbocycles. The topological polar surface area (TPSA) is 70.8 Å². The summed E-state index contributed by atoms with van der Waals surface area (Å²) in [4.78, 5) is 43.8. The minimum atomic E-state index is -0.262. The number of benzene rings is 3. The highest BCUT2D eigenvalue weighted by Crippen LogP contribution is 2.18. The van der Waals surface area contributed by atoms with E-state index in [9.17, 15) is 14.4 Å². The third-order valence-corrected chi connectivity index (χ3v) is 6.83. The Hall–Kier alpha value is -3.90. The van der Waals surface area contributed by atoms with Gasteiger partial charge in [0, 0.05) is 23.7 Å². The molecule has 202 valence electrons. The van der Waals surface area contributed by atoms with Crippen molar-refractivity contribution < 1.29 is 14.0 Å². The first-order chi connectivity index (χ1) is 18.7. The van der Waals surface area contributed by atoms with Gasteiger partial charge in [0.25, 0.3) is 5.91 Å². The Kier molecular flexibility index (Phi) is 9.20. The van der Waals surface area contributed by atoms with Crippen LogP contribution in [0.2, 0.25) is 5.02 Å². The van der Waals surface area contributed by atoms with E-state index in [2.05, 4.69) is 13.8 Å². The van der Waals surface area contributed by atoms with E-state index in [1.807, 2.05) is 43.3 Å². The quantitative estimate of drug-likeness (QED) is 0.229. The van der Waals surface area contributed by atoms with Crippen molar-refractivity contribution in [2.75, 3.05) is 13.1 Å². The van der Waals surface area contributed by atoms with Crippen molar-refractivity contribution in [2.45, 2.75) is 40.3 Å². The van der Waals surface area contributed by atoms with Crippen molar-refractivity contribution in [3.63, 3.8) is 0 Å². The van der Waals surface area contributed by atoms with Gasteiger partial charge in [0.2, 0.25) is 5.91 Å². The van der Waals surface area contributed by atoms with Crippen molar-refractivity contribution in [3.8, 4) is 0 Å². The molecule has 7 heteroatoms. The van der Waals surface area contributed by atoms with Crippen LogP contribution in [0.4, 0.5) is 0 Å². The van der Waals surface area contributed by atoms with E-state index in [1.54, 1.807) is 46.2 Å². The van der Waals surface area contributed by atoms with Gasteiger partial charge >= 0.3 is 0 Å². The lowest BCUT2D eigenvalue weighted by molar-refractivity contribution is -0.133. The van der Waals surface area contributed by atoms with Gasteiger partial charge < -0.3 is 14.2 Å². The first kappa shape index (κ1) is 28.1. The van der Waals surface area contributed by atoms with Gasteiger partial charge in [-0.15, -0.1) is 0 Å². The summed E-state index contributed by atoms with van der Waals surface area (Å²) in [6, 6.07) is 21.8. The molecule has 4 aromatic rings. The number of carbonyl (C=O) groups is 2. The van der Waals surface area contributed by atoms with Gasteiger partial charge in [-0.3, -0.25) is 14.4 Å². The number of nitrogens with zero attached hydrogens (tertiary/aromatic N) is 2. The molecule has 0 aliphatic heterocycles. The average Bonchev–Trinajstić information content (AvgIpc) is 2.92. The van der Waals surface area contributed by atoms with Crippen LogP contribution in [0.25, 0.3) is 11.0 Å². The molecule has 2 amide bonds. The van der Waals surface area contributed by atoms with Crippen LogP contribution < -0.4 is 5.43 Å². The average molecular weight is 545 g/mol. The van der Waals surface area contributed by atoms with Crippen LogP contribution in [-0.2, 0) is 17.9 Å². The molecule has 6 nitrogen and oxygen atoms in total. The number of amides is 2. The van der Waals surface area contributed by atoms with E-state index in [0.29, 0.717) is 39.6 Å². The summed E-state index contributed by atoms with van der Waals surface area (Å²) in [6.45, 7) is 6.71. The summed E-state index contributed by atoms with van der Waals surface area (Å²) in [6.07, 6.45) is 2.17. The van der Waals surface area contributed by atoms with Gasteiger partial charge in [0.05, 0.1) is 23.8 Å². The summed E-state index contributed by atoms with van der Waals surface area (Å²) in [5.74, 6) is -0.172. The van der Waals surface area contributed by atoms with Crippen molar-refractivity contribution >= 4 is 34.4 Å². The molecule has 3 aromatic carbocycles. The van der Waals surface area contributed by atoms with Crippen LogP contribution in [0.1, 0.15) is 47.3 Å². The Morgan fingerprint density at radius 1 is 0.923 bits per heavy atom. The zero-order valence-electron chi connectivity index (χ0n) is 22.5. The van der Waals surface area contributed by atoms with E-state index in [-0.39, 0.29) is 36.9 Å². The zero-order chi connectivity index (χ0) is 27.9. The van der Waals surface area contributed by atoms with E-state index in [1.165, 1.54) is 6.26 Å². The lowest BCUT2D eigenvalue weighted by Gasteiger charge is -2.28. The predicted molar refractivity (Wildman–Crippen MR) is 155 cm³/mol. The van der Waals surface area contributed by atoms with Crippen molar-refractivity contribution in [2.24, 2.45) is 5.92 Å². The van der Waals surface area contributed by atoms with Crippen molar-refractivity contribution in [1.82, 2.24) is 9.80 Å². The van der Waals surface area contributed by atoms with E-state index < -0.39 is 0 Å². The molecule has 0 aliphatic rings. The molecule has 0 bridgehead atoms. The van der Waals surface area contributed by atoms with Crippen molar-refractivity contribution in [3.05, 3.63) is 117 Å². The van der Waals surface area contributed by atoms with Gasteiger partial charge in [-0.2, -0.15) is 0 Å². The minimum Gasteiger partial charge on any atom is -0.464 e. The SMILES string of the molecule is Cc1ccc2occ(CN(Cc3ccccc3)C(=O)CN(CCC(C)C)C(=O)c3cccc(Cl)c3)c(=O)c2c1. The van der Waals surface area contributed by atoms with Gasteiger partial charge in [0.15, 0.2) is 5.43 Å². The lowest BCUT2D eigenvalue weighted by Crippen LogP contribution is -2.43. The second-order valence-corrected chi connectivity index (χ2v) is 10.7. The van der Waals surface area contributed by atoms with Crippen LogP contribution in [0, 0.1) is 12.8 Å². The van der Waals surface area contributed by atoms with E-state index in [0.717, 1.165) is 17.5 Å². The largest absolute Gasteiger partial charge is 0.464 e. The minimum absolute atomic E-state index is 0.0588. The third kappa shape index (κ3) is 7.36. The fourth-order valence-corrected chi connectivity index (χ4v) is 4.56. The summed E-state index contributed by atoms with van der Waals surface area (Å²) in [5, 5.41) is 0.939. The molecular weight excluding hydrogens is 512 g/mol. The molecule has 0 aliphatic carbocycles. The number of hydrogen-bond acceptors (Lipinski definition) is 4. The maximum atomic E-state index is 13.8. The van der Waals surface area contributed by atoms with Crippen LogP contribution in [0.5, 0.6) is 0 Å². The highest BCUT2D eigenvalue weighted by Gasteiger charge is 2.24. The van der Waals surface area contributed by atoms with Crippen LogP contribution >= 0.6 is 11.6 Å². The summed E-state index contributed by atoms with van der Waals surface area (Å²) in [7, 11) is 0. The number of hydrogen-bond donors (Lipinski definition) is 0. The molecular formula is C32H33ClN2O4. The van der Waals surface area contributed by atoms with E-state index in [4.69, 9.17) is 16.0 Å². The fourth-order valence-electron chi connectivity index (χ4n) is 4.37. The Morgan fingerprint density at radius 3 is 2.41 bits per heavy atom. The predicted octanol–water partition coefficient (Wildman–Crippen LogP) is 6.47. The normalized spacial score (nSPS) is 11.1. The van der Waals surface area contributed by atoms with Gasteiger partial charge in [0.1, 0.15) is 12.1 Å². The summed E-state index contributed by atoms with van der Waals surface area (Å²) in [5.41, 5.74) is 3.01. The second kappa shape index (κ2) is 12.8. The Bertz CT molecular complexity index is 1510. The molecule has 0 atom stereocenters. The first-order valence-electron chi connectivity index (χ1n) is 13.1. The van der Waals surface area contributed by atoms with Crippen LogP contribution in [0.3, 0.4) is 0 Å². The molecule has 0 radical (unpaired) electrons. The number of fused-ring (bicyclic) bond motifs is 1. The zero-order valence-corrected chi connectivity index (χ0v) is 23.3. The Labute approximate surface area is 233 Å². The number of halogens is 1. The summed E-state index contributed by atoms with van der Waals surface area (Å²) < 4.78 is 5.75. The van der Waals surface area contributed by atoms with Gasteiger partial charge in [-0.25, -0.2) is 0 Å². The second-order valence-electron chi connectivity index (χ2n) is 10.2. The smallest absolute Gasteiger partial charge is 0.254 e. The summed E-state index contributed by atoms with van der Waals surface area (Å²) >= 11 is 6.14. The lowest BCUT2D eigenvalue weighted by atomic mass is 10.1. The Morgan fingerprint density at radius 2 is 1.69 bits per heavy atom. The molecule has 1 heterocycles. The number of carbonyl (C=O) groups excluding carboxylic acids is 2. The highest BCUT2D eigenvalue weighted by molar-refractivity contribution is 6.31. The molecule has 0 N–H and O–H groups in total. The van der Waals surface area contributed by atoms with Crippen molar-refractivity contribution in [1.29, 1.82) is 0 Å². The van der Waals surface area contributed by atoms with Crippen LogP contribution in [0.15, 0.2) is 88.3 Å². The molecule has 4 rings (SSSR count). The maximum Gasteiger partial charge on any atom is 0.254 e. The number of aryl methyl sites for hydroxylation is 1. The first-order valence-corrected chi connectivity index (χ1v) is 13.5. The standard InChI is InChI=1S/C32H33ClN2O4/c1-22(2)14-15-34(32(38)25-10-7-11-27(33)17-25)20-30(36)35(18-24-8-5-4-6-9-24)19-26-21-39-29-13-12-23(3)16-28(29)31(26)37/h4-13,16-17,21-22H,14-15,18-20H2,1-3H3. The molecule has 0 saturated heterocycles. The molecule has 0 unspecified atom stereocenters. The third-order valence-electron chi connectivity index (χ3n) is 6.59. The fraction of sp³-hybridized carbons (Fsp3) is 0.281. The van der Waals surface area contributed by atoms with Gasteiger partial charge in [-0.1, -0.05) is 73.5 Å². The van der Waals surface area contributed by atoms with E-state index >= 15 is 0 Å². The maximum absolute atomic E-state index is 13.8.